The molecule has 0 aliphatic rings. The Morgan fingerprint density at radius 2 is 1.92 bits per heavy atom. The Hall–Kier alpha value is -2.79. The predicted molar refractivity (Wildman–Crippen MR) is 104 cm³/mol. The SMILES string of the molecule is CCOc1ccc(-c2[nH]c3ccc(C(=O)O)cc3c2CCCCN)cc1. The van der Waals surface area contributed by atoms with Crippen molar-refractivity contribution in [1.82, 2.24) is 4.98 Å². The molecule has 0 unspecified atom stereocenters. The number of fused-ring (bicyclic) bond motifs is 1. The van der Waals surface area contributed by atoms with Crippen LogP contribution in [0.4, 0.5) is 0 Å². The summed E-state index contributed by atoms with van der Waals surface area (Å²) in [5.41, 5.74) is 10.1. The highest BCUT2D eigenvalue weighted by molar-refractivity contribution is 5.97. The van der Waals surface area contributed by atoms with Crippen molar-refractivity contribution in [3.8, 4) is 17.0 Å². The van der Waals surface area contributed by atoms with Gasteiger partial charge in [0.25, 0.3) is 0 Å². The zero-order valence-electron chi connectivity index (χ0n) is 14.9. The van der Waals surface area contributed by atoms with Crippen molar-refractivity contribution in [2.45, 2.75) is 26.2 Å². The lowest BCUT2D eigenvalue weighted by Crippen LogP contribution is -1.99. The van der Waals surface area contributed by atoms with Gasteiger partial charge >= 0.3 is 5.97 Å². The number of aromatic carboxylic acids is 1. The molecule has 0 amide bonds. The van der Waals surface area contributed by atoms with Crippen LogP contribution >= 0.6 is 0 Å². The van der Waals surface area contributed by atoms with Crippen molar-refractivity contribution in [3.63, 3.8) is 0 Å². The Morgan fingerprint density at radius 3 is 2.58 bits per heavy atom. The van der Waals surface area contributed by atoms with Crippen LogP contribution < -0.4 is 10.5 Å². The van der Waals surface area contributed by atoms with Crippen molar-refractivity contribution in [3.05, 3.63) is 53.6 Å². The van der Waals surface area contributed by atoms with Gasteiger partial charge in [0.1, 0.15) is 5.75 Å². The Bertz CT molecular complexity index is 898. The standard InChI is InChI=1S/C21H24N2O3/c1-2-26-16-9-6-14(7-10-16)20-17(5-3-4-12-22)18-13-15(21(24)25)8-11-19(18)23-20/h6-11,13,23H,2-5,12,22H2,1H3,(H,24,25). The first-order valence-electron chi connectivity index (χ1n) is 8.95. The molecule has 0 saturated carbocycles. The van der Waals surface area contributed by atoms with Gasteiger partial charge in [0, 0.05) is 16.6 Å². The second kappa shape index (κ2) is 8.06. The molecule has 0 bridgehead atoms. The average Bonchev–Trinajstić information content (AvgIpc) is 3.01. The molecule has 1 heterocycles. The van der Waals surface area contributed by atoms with Crippen molar-refractivity contribution >= 4 is 16.9 Å². The van der Waals surface area contributed by atoms with E-state index in [0.29, 0.717) is 18.7 Å². The molecule has 2 aromatic carbocycles. The molecule has 0 aliphatic heterocycles. The number of H-pyrrole nitrogens is 1. The number of hydrogen-bond donors (Lipinski definition) is 3. The minimum Gasteiger partial charge on any atom is -0.494 e. The van der Waals surface area contributed by atoms with Gasteiger partial charge in [-0.25, -0.2) is 4.79 Å². The molecule has 0 atom stereocenters. The van der Waals surface area contributed by atoms with Crippen LogP contribution in [0.25, 0.3) is 22.2 Å². The second-order valence-electron chi connectivity index (χ2n) is 6.25. The van der Waals surface area contributed by atoms with Gasteiger partial charge in [-0.15, -0.1) is 0 Å². The highest BCUT2D eigenvalue weighted by atomic mass is 16.5. The fourth-order valence-corrected chi connectivity index (χ4v) is 3.22. The fourth-order valence-electron chi connectivity index (χ4n) is 3.22. The van der Waals surface area contributed by atoms with Crippen LogP contribution in [-0.4, -0.2) is 29.2 Å². The molecule has 5 heteroatoms. The van der Waals surface area contributed by atoms with E-state index in [4.69, 9.17) is 10.5 Å². The Labute approximate surface area is 152 Å². The summed E-state index contributed by atoms with van der Waals surface area (Å²) in [5.74, 6) is -0.0752. The number of benzene rings is 2. The second-order valence-corrected chi connectivity index (χ2v) is 6.25. The summed E-state index contributed by atoms with van der Waals surface area (Å²) in [4.78, 5) is 14.8. The summed E-state index contributed by atoms with van der Waals surface area (Å²) in [6.07, 6.45) is 2.75. The number of carboxylic acid groups (broad SMARTS) is 1. The predicted octanol–water partition coefficient (Wildman–Crippen LogP) is 4.21. The molecule has 136 valence electrons. The molecule has 3 rings (SSSR count). The number of hydrogen-bond acceptors (Lipinski definition) is 3. The third-order valence-electron chi connectivity index (χ3n) is 4.49. The Morgan fingerprint density at radius 1 is 1.15 bits per heavy atom. The van der Waals surface area contributed by atoms with E-state index in [9.17, 15) is 9.90 Å². The number of aryl methyl sites for hydroxylation is 1. The molecule has 0 saturated heterocycles. The van der Waals surface area contributed by atoms with Crippen molar-refractivity contribution < 1.29 is 14.6 Å². The maximum Gasteiger partial charge on any atom is 0.335 e. The summed E-state index contributed by atoms with van der Waals surface area (Å²) < 4.78 is 5.52. The van der Waals surface area contributed by atoms with Crippen LogP contribution in [0, 0.1) is 0 Å². The van der Waals surface area contributed by atoms with E-state index >= 15 is 0 Å². The van der Waals surface area contributed by atoms with E-state index < -0.39 is 5.97 Å². The smallest absolute Gasteiger partial charge is 0.335 e. The van der Waals surface area contributed by atoms with Crippen LogP contribution in [0.1, 0.15) is 35.7 Å². The number of nitrogens with two attached hydrogens (primary N) is 1. The quantitative estimate of drug-likeness (QED) is 0.530. The van der Waals surface area contributed by atoms with E-state index in [1.54, 1.807) is 12.1 Å². The van der Waals surface area contributed by atoms with Gasteiger partial charge < -0.3 is 20.6 Å². The van der Waals surface area contributed by atoms with Crippen LogP contribution in [0.2, 0.25) is 0 Å². The monoisotopic (exact) mass is 352 g/mol. The molecule has 1 aromatic heterocycles. The van der Waals surface area contributed by atoms with Crippen molar-refractivity contribution in [1.29, 1.82) is 0 Å². The maximum absolute atomic E-state index is 11.4. The number of aromatic nitrogens is 1. The Kier molecular flexibility index (Phi) is 5.58. The van der Waals surface area contributed by atoms with Gasteiger partial charge in [-0.2, -0.15) is 0 Å². The molecule has 3 aromatic rings. The summed E-state index contributed by atoms with van der Waals surface area (Å²) >= 11 is 0. The van der Waals surface area contributed by atoms with Gasteiger partial charge in [0.2, 0.25) is 0 Å². The number of rotatable bonds is 8. The van der Waals surface area contributed by atoms with Gasteiger partial charge in [-0.1, -0.05) is 0 Å². The number of unbranched alkanes of at least 4 members (excludes halogenated alkanes) is 1. The first kappa shape index (κ1) is 18.0. The van der Waals surface area contributed by atoms with Crippen molar-refractivity contribution in [2.75, 3.05) is 13.2 Å². The average molecular weight is 352 g/mol. The minimum atomic E-state index is -0.913. The zero-order valence-corrected chi connectivity index (χ0v) is 14.9. The first-order valence-corrected chi connectivity index (χ1v) is 8.95. The highest BCUT2D eigenvalue weighted by Crippen LogP contribution is 2.33. The summed E-state index contributed by atoms with van der Waals surface area (Å²) in [6.45, 7) is 3.25. The van der Waals surface area contributed by atoms with E-state index in [1.165, 1.54) is 0 Å². The summed E-state index contributed by atoms with van der Waals surface area (Å²) in [5, 5.41) is 10.3. The minimum absolute atomic E-state index is 0.301. The maximum atomic E-state index is 11.4. The molecule has 0 aliphatic carbocycles. The lowest BCUT2D eigenvalue weighted by molar-refractivity contribution is 0.0697. The lowest BCUT2D eigenvalue weighted by atomic mass is 9.99. The van der Waals surface area contributed by atoms with Crippen LogP contribution in [0.15, 0.2) is 42.5 Å². The number of carbonyl (C=O) groups is 1. The molecule has 26 heavy (non-hydrogen) atoms. The van der Waals surface area contributed by atoms with Gasteiger partial charge in [-0.05, 0) is 86.3 Å². The van der Waals surface area contributed by atoms with E-state index in [1.807, 2.05) is 37.3 Å². The number of ether oxygens (including phenoxy) is 1. The van der Waals surface area contributed by atoms with E-state index in [-0.39, 0.29) is 0 Å². The lowest BCUT2D eigenvalue weighted by Gasteiger charge is -2.07. The molecular weight excluding hydrogens is 328 g/mol. The van der Waals surface area contributed by atoms with Crippen LogP contribution in [0.5, 0.6) is 5.75 Å². The van der Waals surface area contributed by atoms with Gasteiger partial charge in [0.15, 0.2) is 0 Å². The Balaban J connectivity index is 2.07. The summed E-state index contributed by atoms with van der Waals surface area (Å²) in [7, 11) is 0. The largest absolute Gasteiger partial charge is 0.494 e. The number of nitrogens with one attached hydrogen (secondary N) is 1. The van der Waals surface area contributed by atoms with Crippen molar-refractivity contribution in [2.24, 2.45) is 5.73 Å². The van der Waals surface area contributed by atoms with E-state index in [2.05, 4.69) is 4.98 Å². The normalized spacial score (nSPS) is 11.0. The van der Waals surface area contributed by atoms with Crippen LogP contribution in [-0.2, 0) is 6.42 Å². The van der Waals surface area contributed by atoms with Crippen LogP contribution in [0.3, 0.4) is 0 Å². The molecule has 0 fully saturated rings. The fraction of sp³-hybridized carbons (Fsp3) is 0.286. The summed E-state index contributed by atoms with van der Waals surface area (Å²) in [6, 6.07) is 13.2. The molecular formula is C21H24N2O3. The number of carboxylic acids is 1. The van der Waals surface area contributed by atoms with Gasteiger partial charge in [0.05, 0.1) is 12.2 Å². The van der Waals surface area contributed by atoms with E-state index in [0.717, 1.165) is 52.7 Å². The number of aromatic amines is 1. The zero-order chi connectivity index (χ0) is 18.5. The third-order valence-corrected chi connectivity index (χ3v) is 4.49. The topological polar surface area (TPSA) is 88.3 Å². The highest BCUT2D eigenvalue weighted by Gasteiger charge is 2.15. The molecule has 5 nitrogen and oxygen atoms in total. The third kappa shape index (κ3) is 3.73. The molecule has 0 spiro atoms. The molecule has 4 N–H and O–H groups in total. The van der Waals surface area contributed by atoms with Gasteiger partial charge in [-0.3, -0.25) is 0 Å². The first-order chi connectivity index (χ1) is 12.6. The molecule has 0 radical (unpaired) electrons.